The summed E-state index contributed by atoms with van der Waals surface area (Å²) >= 11 is 0. The normalized spacial score (nSPS) is 25.4. The van der Waals surface area contributed by atoms with Gasteiger partial charge in [-0.25, -0.2) is 4.39 Å². The third-order valence-electron chi connectivity index (χ3n) is 3.76. The first-order chi connectivity index (χ1) is 11.7. The molecule has 0 aromatic rings. The SMILES string of the molecule is CC/C=C(F)\C=C(\C=O)COC1=C/C=C[C@H](OCC2CC2)C/C=C\1. The van der Waals surface area contributed by atoms with Gasteiger partial charge in [-0.3, -0.25) is 4.79 Å². The lowest BCUT2D eigenvalue weighted by Gasteiger charge is -2.14. The minimum atomic E-state index is -0.416. The Morgan fingerprint density at radius 3 is 2.96 bits per heavy atom. The van der Waals surface area contributed by atoms with E-state index in [4.69, 9.17) is 9.47 Å². The van der Waals surface area contributed by atoms with Gasteiger partial charge in [0.05, 0.1) is 12.7 Å². The summed E-state index contributed by atoms with van der Waals surface area (Å²) in [6.45, 7) is 2.71. The van der Waals surface area contributed by atoms with Crippen LogP contribution in [0.15, 0.2) is 59.7 Å². The smallest absolute Gasteiger partial charge is 0.149 e. The lowest BCUT2D eigenvalue weighted by Crippen LogP contribution is -2.11. The Hall–Kier alpha value is -1.94. The molecular weight excluding hydrogens is 307 g/mol. The van der Waals surface area contributed by atoms with Crippen LogP contribution in [0, 0.1) is 5.92 Å². The minimum Gasteiger partial charge on any atom is -0.489 e. The first kappa shape index (κ1) is 18.4. The van der Waals surface area contributed by atoms with Crippen molar-refractivity contribution in [1.82, 2.24) is 0 Å². The Bertz CT molecular complexity index is 565. The second kappa shape index (κ2) is 10.0. The summed E-state index contributed by atoms with van der Waals surface area (Å²) in [5.41, 5.74) is 0.267. The van der Waals surface area contributed by atoms with Gasteiger partial charge in [-0.2, -0.15) is 0 Å². The van der Waals surface area contributed by atoms with E-state index in [9.17, 15) is 9.18 Å². The fraction of sp³-hybridized carbons (Fsp3) is 0.450. The highest BCUT2D eigenvalue weighted by Gasteiger charge is 2.22. The molecule has 1 fully saturated rings. The number of carbonyl (C=O) groups excluding carboxylic acids is 1. The fourth-order valence-electron chi connectivity index (χ4n) is 2.20. The summed E-state index contributed by atoms with van der Waals surface area (Å²) < 4.78 is 24.8. The Labute approximate surface area is 143 Å². The number of rotatable bonds is 9. The van der Waals surface area contributed by atoms with Gasteiger partial charge in [0.2, 0.25) is 0 Å². The molecule has 2 rings (SSSR count). The third-order valence-corrected chi connectivity index (χ3v) is 3.76. The number of ether oxygens (including phenoxy) is 2. The van der Waals surface area contributed by atoms with Crippen molar-refractivity contribution in [2.75, 3.05) is 13.2 Å². The van der Waals surface area contributed by atoms with E-state index in [0.717, 1.165) is 18.9 Å². The van der Waals surface area contributed by atoms with E-state index in [2.05, 4.69) is 0 Å². The number of halogens is 1. The van der Waals surface area contributed by atoms with Crippen LogP contribution in [0.5, 0.6) is 0 Å². The molecule has 0 N–H and O–H groups in total. The van der Waals surface area contributed by atoms with Crippen LogP contribution in [0.1, 0.15) is 32.6 Å². The van der Waals surface area contributed by atoms with Gasteiger partial charge in [0.25, 0.3) is 0 Å². The summed E-state index contributed by atoms with van der Waals surface area (Å²) in [5.74, 6) is 0.971. The van der Waals surface area contributed by atoms with Gasteiger partial charge in [0, 0.05) is 5.57 Å². The van der Waals surface area contributed by atoms with Crippen LogP contribution in [0.4, 0.5) is 4.39 Å². The quantitative estimate of drug-likeness (QED) is 0.352. The molecule has 0 amide bonds. The first-order valence-corrected chi connectivity index (χ1v) is 8.52. The van der Waals surface area contributed by atoms with Crippen LogP contribution in [0.25, 0.3) is 0 Å². The molecule has 0 spiro atoms. The predicted molar refractivity (Wildman–Crippen MR) is 93.0 cm³/mol. The van der Waals surface area contributed by atoms with Crippen molar-refractivity contribution < 1.29 is 18.7 Å². The lowest BCUT2D eigenvalue weighted by atomic mass is 10.1. The topological polar surface area (TPSA) is 35.5 Å². The highest BCUT2D eigenvalue weighted by molar-refractivity contribution is 5.74. The average molecular weight is 332 g/mol. The molecule has 1 atom stereocenters. The second-order valence-corrected chi connectivity index (χ2v) is 6.03. The number of aldehydes is 1. The first-order valence-electron chi connectivity index (χ1n) is 8.52. The van der Waals surface area contributed by atoms with Gasteiger partial charge in [-0.15, -0.1) is 0 Å². The summed E-state index contributed by atoms with van der Waals surface area (Å²) in [7, 11) is 0. The average Bonchev–Trinajstić information content (AvgIpc) is 3.36. The van der Waals surface area contributed by atoms with Crippen LogP contribution in [0.3, 0.4) is 0 Å². The van der Waals surface area contributed by atoms with Crippen molar-refractivity contribution in [3.05, 3.63) is 59.7 Å². The summed E-state index contributed by atoms with van der Waals surface area (Å²) in [6, 6.07) is 0. The zero-order valence-electron chi connectivity index (χ0n) is 14.1. The molecule has 1 saturated carbocycles. The van der Waals surface area contributed by atoms with Crippen molar-refractivity contribution >= 4 is 6.29 Å². The molecule has 0 unspecified atom stereocenters. The van der Waals surface area contributed by atoms with Gasteiger partial charge in [-0.1, -0.05) is 25.2 Å². The van der Waals surface area contributed by atoms with Gasteiger partial charge in [-0.05, 0) is 55.9 Å². The maximum atomic E-state index is 13.4. The standard InChI is InChI=1S/C20H25FO3/c1-2-5-18(21)12-17(13-22)15-24-20-8-3-6-19(7-4-9-20)23-14-16-10-11-16/h3-6,8-9,12-13,16,19H,2,7,10-11,14-15H2,1H3/b6-3?,9-4-,17-12-,18-5+,20-8+/t19-/m0/s1. The molecule has 4 heteroatoms. The molecule has 0 saturated heterocycles. The minimum absolute atomic E-state index is 0.0418. The highest BCUT2D eigenvalue weighted by Crippen LogP contribution is 2.29. The zero-order valence-corrected chi connectivity index (χ0v) is 14.1. The second-order valence-electron chi connectivity index (χ2n) is 6.03. The van der Waals surface area contributed by atoms with Crippen LogP contribution < -0.4 is 0 Å². The molecule has 0 aromatic heterocycles. The number of allylic oxidation sites excluding steroid dienone is 6. The maximum absolute atomic E-state index is 13.4. The molecule has 0 radical (unpaired) electrons. The van der Waals surface area contributed by atoms with E-state index in [0.29, 0.717) is 18.5 Å². The van der Waals surface area contributed by atoms with E-state index in [-0.39, 0.29) is 18.3 Å². The van der Waals surface area contributed by atoms with Gasteiger partial charge < -0.3 is 9.47 Å². The molecule has 2 aliphatic rings. The van der Waals surface area contributed by atoms with E-state index in [1.807, 2.05) is 37.3 Å². The van der Waals surface area contributed by atoms with E-state index in [1.54, 1.807) is 0 Å². The Kier molecular flexibility index (Phi) is 7.69. The van der Waals surface area contributed by atoms with Crippen LogP contribution in [-0.4, -0.2) is 25.6 Å². The maximum Gasteiger partial charge on any atom is 0.149 e. The highest BCUT2D eigenvalue weighted by atomic mass is 19.1. The van der Waals surface area contributed by atoms with Crippen LogP contribution in [0.2, 0.25) is 0 Å². The van der Waals surface area contributed by atoms with E-state index >= 15 is 0 Å². The molecule has 0 aliphatic heterocycles. The molecule has 0 bridgehead atoms. The van der Waals surface area contributed by atoms with Gasteiger partial charge >= 0.3 is 0 Å². The number of carbonyl (C=O) groups is 1. The van der Waals surface area contributed by atoms with Crippen LogP contribution in [-0.2, 0) is 14.3 Å². The molecular formula is C20H25FO3. The Morgan fingerprint density at radius 2 is 2.25 bits per heavy atom. The predicted octanol–water partition coefficient (Wildman–Crippen LogP) is 4.59. The van der Waals surface area contributed by atoms with Crippen molar-refractivity contribution in [2.45, 2.75) is 38.7 Å². The molecule has 0 heterocycles. The largest absolute Gasteiger partial charge is 0.489 e. The number of hydrogen-bond donors (Lipinski definition) is 0. The van der Waals surface area contributed by atoms with Crippen molar-refractivity contribution in [2.24, 2.45) is 5.92 Å². The summed E-state index contributed by atoms with van der Waals surface area (Å²) in [4.78, 5) is 11.0. The van der Waals surface area contributed by atoms with Crippen molar-refractivity contribution in [1.29, 1.82) is 0 Å². The third kappa shape index (κ3) is 7.09. The molecule has 3 nitrogen and oxygen atoms in total. The van der Waals surface area contributed by atoms with Crippen molar-refractivity contribution in [3.8, 4) is 0 Å². The Morgan fingerprint density at radius 1 is 1.42 bits per heavy atom. The molecule has 2 aliphatic carbocycles. The van der Waals surface area contributed by atoms with E-state index in [1.165, 1.54) is 25.0 Å². The fourth-order valence-corrected chi connectivity index (χ4v) is 2.20. The monoisotopic (exact) mass is 332 g/mol. The molecule has 0 aromatic carbocycles. The van der Waals surface area contributed by atoms with Crippen LogP contribution >= 0.6 is 0 Å². The van der Waals surface area contributed by atoms with E-state index < -0.39 is 5.83 Å². The lowest BCUT2D eigenvalue weighted by molar-refractivity contribution is -0.105. The summed E-state index contributed by atoms with van der Waals surface area (Å²) in [6.07, 6.45) is 16.9. The van der Waals surface area contributed by atoms with Crippen molar-refractivity contribution in [3.63, 3.8) is 0 Å². The summed E-state index contributed by atoms with van der Waals surface area (Å²) in [5, 5.41) is 0. The molecule has 130 valence electrons. The zero-order chi connectivity index (χ0) is 17.2. The number of hydrogen-bond acceptors (Lipinski definition) is 3. The van der Waals surface area contributed by atoms with Gasteiger partial charge in [0.15, 0.2) is 0 Å². The Balaban J connectivity index is 1.85. The molecule has 24 heavy (non-hydrogen) atoms. The van der Waals surface area contributed by atoms with Gasteiger partial charge in [0.1, 0.15) is 24.5 Å².